The molecule has 1 aromatic heterocycles. The van der Waals surface area contributed by atoms with E-state index in [9.17, 15) is 4.79 Å². The van der Waals surface area contributed by atoms with E-state index in [0.717, 1.165) is 10.4 Å². The Hall–Kier alpha value is -1.68. The number of benzene rings is 1. The van der Waals surface area contributed by atoms with Gasteiger partial charge in [0.15, 0.2) is 5.13 Å². The van der Waals surface area contributed by atoms with Gasteiger partial charge in [-0.2, -0.15) is 4.98 Å². The first-order valence-corrected chi connectivity index (χ1v) is 5.31. The van der Waals surface area contributed by atoms with Crippen LogP contribution >= 0.6 is 11.3 Å². The van der Waals surface area contributed by atoms with E-state index in [1.54, 1.807) is 0 Å². The maximum absolute atomic E-state index is 11.2. The molecule has 0 bridgehead atoms. The molecule has 0 unspecified atom stereocenters. The molecule has 2 rings (SSSR count). The summed E-state index contributed by atoms with van der Waals surface area (Å²) in [6.45, 7) is 2.02. The van der Waals surface area contributed by atoms with Crippen LogP contribution in [0.4, 0.5) is 5.13 Å². The summed E-state index contributed by atoms with van der Waals surface area (Å²) in [6.07, 6.45) is 0. The lowest BCUT2D eigenvalue weighted by atomic mass is 10.1. The van der Waals surface area contributed by atoms with Crippen LogP contribution in [0.3, 0.4) is 0 Å². The summed E-state index contributed by atoms with van der Waals surface area (Å²) >= 11 is 1.32. The lowest BCUT2D eigenvalue weighted by molar-refractivity contribution is 1.29. The third-order valence-electron chi connectivity index (χ3n) is 2.03. The van der Waals surface area contributed by atoms with Crippen LogP contribution in [0.25, 0.3) is 10.4 Å². The van der Waals surface area contributed by atoms with E-state index in [4.69, 9.17) is 5.73 Å². The van der Waals surface area contributed by atoms with Crippen molar-refractivity contribution in [3.8, 4) is 10.4 Å². The second-order valence-electron chi connectivity index (χ2n) is 3.26. The number of aromatic nitrogens is 1. The van der Waals surface area contributed by atoms with Crippen molar-refractivity contribution in [1.82, 2.24) is 4.98 Å². The van der Waals surface area contributed by atoms with Crippen LogP contribution in [0, 0.1) is 6.92 Å². The van der Waals surface area contributed by atoms with E-state index >= 15 is 0 Å². The van der Waals surface area contributed by atoms with Crippen molar-refractivity contribution >= 4 is 16.5 Å². The fourth-order valence-electron chi connectivity index (χ4n) is 1.28. The fraction of sp³-hybridized carbons (Fsp3) is 0.0909. The van der Waals surface area contributed by atoms with Gasteiger partial charge in [0, 0.05) is 10.9 Å². The second kappa shape index (κ2) is 3.82. The second-order valence-corrected chi connectivity index (χ2v) is 4.33. The zero-order valence-corrected chi connectivity index (χ0v) is 9.04. The first-order valence-electron chi connectivity index (χ1n) is 4.50. The Balaban J connectivity index is 2.54. The average molecular weight is 218 g/mol. The molecule has 0 fully saturated rings. The molecule has 0 saturated heterocycles. The van der Waals surface area contributed by atoms with Gasteiger partial charge in [-0.1, -0.05) is 41.2 Å². The predicted octanol–water partition coefficient (Wildman–Crippen LogP) is 2.06. The van der Waals surface area contributed by atoms with Gasteiger partial charge < -0.3 is 5.73 Å². The summed E-state index contributed by atoms with van der Waals surface area (Å²) in [6, 6.07) is 9.46. The normalized spacial score (nSPS) is 10.2. The van der Waals surface area contributed by atoms with E-state index < -0.39 is 0 Å². The highest BCUT2D eigenvalue weighted by molar-refractivity contribution is 7.18. The number of nitrogen functional groups attached to an aromatic ring is 1. The highest BCUT2D eigenvalue weighted by atomic mass is 32.1. The number of aryl methyl sites for hydroxylation is 1. The summed E-state index contributed by atoms with van der Waals surface area (Å²) < 4.78 is 0. The number of nitrogens with two attached hydrogens (primary N) is 1. The maximum Gasteiger partial charge on any atom is 0.273 e. The van der Waals surface area contributed by atoms with Gasteiger partial charge in [-0.05, 0) is 12.5 Å². The van der Waals surface area contributed by atoms with E-state index in [1.807, 2.05) is 31.2 Å². The highest BCUT2D eigenvalue weighted by Crippen LogP contribution is 2.24. The lowest BCUT2D eigenvalue weighted by Crippen LogP contribution is -2.05. The van der Waals surface area contributed by atoms with Crippen molar-refractivity contribution < 1.29 is 0 Å². The Kier molecular flexibility index (Phi) is 2.51. The molecule has 0 atom stereocenters. The van der Waals surface area contributed by atoms with Crippen molar-refractivity contribution in [1.29, 1.82) is 0 Å². The number of rotatable bonds is 1. The van der Waals surface area contributed by atoms with Gasteiger partial charge in [0.05, 0.1) is 0 Å². The van der Waals surface area contributed by atoms with Crippen LogP contribution in [0.15, 0.2) is 35.1 Å². The number of nitrogens with zero attached hydrogens (tertiary/aromatic N) is 1. The molecule has 0 amide bonds. The van der Waals surface area contributed by atoms with Crippen LogP contribution < -0.4 is 11.3 Å². The summed E-state index contributed by atoms with van der Waals surface area (Å²) in [5.41, 5.74) is 7.43. The number of hydrogen-bond acceptors (Lipinski definition) is 4. The molecule has 0 aliphatic rings. The molecule has 1 heterocycles. The minimum absolute atomic E-state index is 0.290. The quantitative estimate of drug-likeness (QED) is 0.797. The van der Waals surface area contributed by atoms with Crippen molar-refractivity contribution in [2.75, 3.05) is 5.73 Å². The monoisotopic (exact) mass is 218 g/mol. The molecule has 15 heavy (non-hydrogen) atoms. The van der Waals surface area contributed by atoms with Gasteiger partial charge in [0.25, 0.3) is 5.56 Å². The molecule has 0 radical (unpaired) electrons. The topological polar surface area (TPSA) is 56.0 Å². The van der Waals surface area contributed by atoms with Crippen molar-refractivity contribution in [2.45, 2.75) is 6.92 Å². The molecule has 76 valence electrons. The molecule has 3 nitrogen and oxygen atoms in total. The van der Waals surface area contributed by atoms with Gasteiger partial charge in [-0.15, -0.1) is 0 Å². The molecular weight excluding hydrogens is 208 g/mol. The zero-order valence-electron chi connectivity index (χ0n) is 8.23. The maximum atomic E-state index is 11.2. The van der Waals surface area contributed by atoms with Gasteiger partial charge in [-0.3, -0.25) is 4.79 Å². The van der Waals surface area contributed by atoms with E-state index in [2.05, 4.69) is 4.98 Å². The summed E-state index contributed by atoms with van der Waals surface area (Å²) in [4.78, 5) is 15.6. The summed E-state index contributed by atoms with van der Waals surface area (Å²) in [7, 11) is 0. The first kappa shape index (κ1) is 9.86. The van der Waals surface area contributed by atoms with Crippen molar-refractivity contribution in [3.63, 3.8) is 0 Å². The molecule has 4 heteroatoms. The van der Waals surface area contributed by atoms with Crippen LogP contribution in [0.2, 0.25) is 0 Å². The number of anilines is 1. The molecule has 2 aromatic rings. The van der Waals surface area contributed by atoms with Crippen LogP contribution in [-0.4, -0.2) is 4.98 Å². The minimum Gasteiger partial charge on any atom is -0.375 e. The van der Waals surface area contributed by atoms with Gasteiger partial charge in [-0.25, -0.2) is 0 Å². The fourth-order valence-corrected chi connectivity index (χ4v) is 2.05. The van der Waals surface area contributed by atoms with Crippen LogP contribution in [-0.2, 0) is 0 Å². The minimum atomic E-state index is -0.290. The summed E-state index contributed by atoms with van der Waals surface area (Å²) in [5.74, 6) is 0. The standard InChI is InChI=1S/C11H10N2OS/c1-7-2-4-8(5-3-7)9-6-10(14)13-11(12)15-9/h2-6H,1H3,(H2,12,13,14). The van der Waals surface area contributed by atoms with Crippen molar-refractivity contribution in [2.24, 2.45) is 0 Å². The zero-order chi connectivity index (χ0) is 10.8. The molecule has 0 aliphatic carbocycles. The van der Waals surface area contributed by atoms with Crippen molar-refractivity contribution in [3.05, 3.63) is 46.2 Å². The molecule has 0 aliphatic heterocycles. The average Bonchev–Trinajstić information content (AvgIpc) is 2.17. The lowest BCUT2D eigenvalue weighted by Gasteiger charge is -2.00. The van der Waals surface area contributed by atoms with Crippen LogP contribution in [0.1, 0.15) is 5.56 Å². The van der Waals surface area contributed by atoms with E-state index in [1.165, 1.54) is 23.0 Å². The van der Waals surface area contributed by atoms with Crippen LogP contribution in [0.5, 0.6) is 0 Å². The third-order valence-corrected chi connectivity index (χ3v) is 2.90. The molecule has 0 saturated carbocycles. The van der Waals surface area contributed by atoms with E-state index in [-0.39, 0.29) is 5.56 Å². The number of hydrogen-bond donors (Lipinski definition) is 1. The van der Waals surface area contributed by atoms with Gasteiger partial charge >= 0.3 is 0 Å². The predicted molar refractivity (Wildman–Crippen MR) is 63.0 cm³/mol. The highest BCUT2D eigenvalue weighted by Gasteiger charge is 2.01. The van der Waals surface area contributed by atoms with Gasteiger partial charge in [0.1, 0.15) is 0 Å². The molecule has 2 N–H and O–H groups in total. The Morgan fingerprint density at radius 2 is 1.93 bits per heavy atom. The molecule has 1 aromatic carbocycles. The SMILES string of the molecule is Cc1ccc(-c2cc(=O)nc(N)s2)cc1. The smallest absolute Gasteiger partial charge is 0.273 e. The van der Waals surface area contributed by atoms with E-state index in [0.29, 0.717) is 5.13 Å². The third kappa shape index (κ3) is 2.22. The summed E-state index contributed by atoms with van der Waals surface area (Å²) in [5, 5.41) is 0.304. The largest absolute Gasteiger partial charge is 0.375 e. The Morgan fingerprint density at radius 3 is 2.53 bits per heavy atom. The van der Waals surface area contributed by atoms with Gasteiger partial charge in [0.2, 0.25) is 0 Å². The first-order chi connectivity index (χ1) is 7.15. The molecular formula is C11H10N2OS. The molecule has 0 spiro atoms. The Bertz CT molecular complexity index is 531. The Morgan fingerprint density at radius 1 is 1.27 bits per heavy atom. The Labute approximate surface area is 91.2 Å².